The summed E-state index contributed by atoms with van der Waals surface area (Å²) in [6.45, 7) is 6.30. The van der Waals surface area contributed by atoms with Gasteiger partial charge in [-0.3, -0.25) is 0 Å². The first-order valence-electron chi connectivity index (χ1n) is 6.88. The van der Waals surface area contributed by atoms with Crippen LogP contribution in [0.4, 0.5) is 18.9 Å². The fraction of sp³-hybridized carbons (Fsp3) is 0.600. The van der Waals surface area contributed by atoms with Crippen LogP contribution in [0.5, 0.6) is 0 Å². The molecule has 112 valence electrons. The lowest BCUT2D eigenvalue weighted by atomic mass is 9.82. The summed E-state index contributed by atoms with van der Waals surface area (Å²) in [5.74, 6) is 0. The molecule has 1 fully saturated rings. The molecule has 1 aliphatic rings. The van der Waals surface area contributed by atoms with Gasteiger partial charge in [0.2, 0.25) is 0 Å². The third-order valence-electron chi connectivity index (χ3n) is 4.08. The van der Waals surface area contributed by atoms with Gasteiger partial charge in [-0.15, -0.1) is 0 Å². The Morgan fingerprint density at radius 3 is 2.30 bits per heavy atom. The van der Waals surface area contributed by atoms with Gasteiger partial charge in [0.1, 0.15) is 0 Å². The molecule has 0 radical (unpaired) electrons. The van der Waals surface area contributed by atoms with Crippen LogP contribution < -0.4 is 10.6 Å². The van der Waals surface area contributed by atoms with Gasteiger partial charge in [0, 0.05) is 25.3 Å². The van der Waals surface area contributed by atoms with E-state index in [-0.39, 0.29) is 6.54 Å². The van der Waals surface area contributed by atoms with E-state index in [1.54, 1.807) is 6.07 Å². The molecule has 1 heterocycles. The van der Waals surface area contributed by atoms with E-state index in [1.807, 2.05) is 0 Å². The molecule has 1 aromatic carbocycles. The topological polar surface area (TPSA) is 29.3 Å². The van der Waals surface area contributed by atoms with E-state index in [2.05, 4.69) is 18.7 Å². The first-order valence-corrected chi connectivity index (χ1v) is 6.88. The van der Waals surface area contributed by atoms with Crippen molar-refractivity contribution < 1.29 is 13.2 Å². The van der Waals surface area contributed by atoms with Gasteiger partial charge in [0.25, 0.3) is 0 Å². The molecule has 1 aromatic rings. The van der Waals surface area contributed by atoms with Gasteiger partial charge in [0.05, 0.1) is 5.56 Å². The highest BCUT2D eigenvalue weighted by molar-refractivity contribution is 5.55. The summed E-state index contributed by atoms with van der Waals surface area (Å²) in [7, 11) is 0. The first kappa shape index (κ1) is 15.2. The molecule has 0 amide bonds. The molecule has 0 bridgehead atoms. The third kappa shape index (κ3) is 3.26. The molecule has 1 aliphatic heterocycles. The van der Waals surface area contributed by atoms with Crippen molar-refractivity contribution in [1.29, 1.82) is 0 Å². The second-order valence-electron chi connectivity index (χ2n) is 6.20. The van der Waals surface area contributed by atoms with Gasteiger partial charge in [-0.05, 0) is 42.0 Å². The molecule has 2 N–H and O–H groups in total. The largest absolute Gasteiger partial charge is 0.416 e. The zero-order valence-electron chi connectivity index (χ0n) is 11.9. The summed E-state index contributed by atoms with van der Waals surface area (Å²) in [4.78, 5) is 2.15. The van der Waals surface area contributed by atoms with Crippen LogP contribution in [0.2, 0.25) is 0 Å². The van der Waals surface area contributed by atoms with Crippen LogP contribution in [0.15, 0.2) is 18.2 Å². The zero-order valence-corrected chi connectivity index (χ0v) is 11.9. The number of nitrogens with two attached hydrogens (primary N) is 1. The van der Waals surface area contributed by atoms with Gasteiger partial charge in [-0.25, -0.2) is 0 Å². The summed E-state index contributed by atoms with van der Waals surface area (Å²) in [6.07, 6.45) is -2.23. The SMILES string of the molecule is CC1(C)CCN(c2ccc(C(F)(F)F)cc2CN)CC1. The van der Waals surface area contributed by atoms with Gasteiger partial charge in [0.15, 0.2) is 0 Å². The molecule has 0 unspecified atom stereocenters. The second kappa shape index (κ2) is 5.28. The lowest BCUT2D eigenvalue weighted by Crippen LogP contribution is -2.38. The molecule has 0 atom stereocenters. The fourth-order valence-electron chi connectivity index (χ4n) is 2.59. The minimum atomic E-state index is -4.31. The molecular formula is C15H21F3N2. The van der Waals surface area contributed by atoms with Crippen molar-refractivity contribution in [1.82, 2.24) is 0 Å². The minimum absolute atomic E-state index is 0.124. The molecular weight excluding hydrogens is 265 g/mol. The number of piperidine rings is 1. The van der Waals surface area contributed by atoms with Crippen molar-refractivity contribution >= 4 is 5.69 Å². The van der Waals surface area contributed by atoms with E-state index in [4.69, 9.17) is 5.73 Å². The molecule has 5 heteroatoms. The number of halogens is 3. The molecule has 2 nitrogen and oxygen atoms in total. The Morgan fingerprint density at radius 1 is 1.20 bits per heavy atom. The van der Waals surface area contributed by atoms with Gasteiger partial charge in [-0.2, -0.15) is 13.2 Å². The predicted molar refractivity (Wildman–Crippen MR) is 74.6 cm³/mol. The second-order valence-corrected chi connectivity index (χ2v) is 6.20. The van der Waals surface area contributed by atoms with E-state index >= 15 is 0 Å². The van der Waals surface area contributed by atoms with Gasteiger partial charge < -0.3 is 10.6 Å². The van der Waals surface area contributed by atoms with Gasteiger partial charge >= 0.3 is 6.18 Å². The highest BCUT2D eigenvalue weighted by Gasteiger charge is 2.32. The summed E-state index contributed by atoms with van der Waals surface area (Å²) in [5, 5.41) is 0. The Morgan fingerprint density at radius 2 is 1.80 bits per heavy atom. The van der Waals surface area contributed by atoms with Crippen LogP contribution in [-0.2, 0) is 12.7 Å². The van der Waals surface area contributed by atoms with Gasteiger partial charge in [-0.1, -0.05) is 13.8 Å². The van der Waals surface area contributed by atoms with E-state index < -0.39 is 11.7 Å². The Labute approximate surface area is 117 Å². The van der Waals surface area contributed by atoms with Crippen molar-refractivity contribution in [2.75, 3.05) is 18.0 Å². The number of hydrogen-bond acceptors (Lipinski definition) is 2. The fourth-order valence-corrected chi connectivity index (χ4v) is 2.59. The number of hydrogen-bond donors (Lipinski definition) is 1. The first-order chi connectivity index (χ1) is 9.23. The molecule has 0 aliphatic carbocycles. The monoisotopic (exact) mass is 286 g/mol. The average Bonchev–Trinajstić information content (AvgIpc) is 2.37. The van der Waals surface area contributed by atoms with E-state index in [1.165, 1.54) is 6.07 Å². The van der Waals surface area contributed by atoms with Crippen LogP contribution in [0.25, 0.3) is 0 Å². The molecule has 1 saturated heterocycles. The van der Waals surface area contributed by atoms with Crippen molar-refractivity contribution in [2.45, 2.75) is 39.4 Å². The Balaban J connectivity index is 2.25. The maximum Gasteiger partial charge on any atom is 0.416 e. The standard InChI is InChI=1S/C15H21F3N2/c1-14(2)5-7-20(8-6-14)13-4-3-12(15(16,17)18)9-11(13)10-19/h3-4,9H,5-8,10,19H2,1-2H3. The number of rotatable bonds is 2. The quantitative estimate of drug-likeness (QED) is 0.896. The van der Waals surface area contributed by atoms with E-state index in [0.717, 1.165) is 37.7 Å². The summed E-state index contributed by atoms with van der Waals surface area (Å²) < 4.78 is 38.2. The lowest BCUT2D eigenvalue weighted by molar-refractivity contribution is -0.137. The highest BCUT2D eigenvalue weighted by Crippen LogP contribution is 2.36. The number of anilines is 1. The van der Waals surface area contributed by atoms with Crippen LogP contribution in [-0.4, -0.2) is 13.1 Å². The van der Waals surface area contributed by atoms with Crippen molar-refractivity contribution in [3.05, 3.63) is 29.3 Å². The Hall–Kier alpha value is -1.23. The van der Waals surface area contributed by atoms with Crippen LogP contribution in [0, 0.1) is 5.41 Å². The maximum atomic E-state index is 12.7. The molecule has 20 heavy (non-hydrogen) atoms. The van der Waals surface area contributed by atoms with E-state index in [0.29, 0.717) is 11.0 Å². The normalized spacial score (nSPS) is 19.2. The van der Waals surface area contributed by atoms with Crippen LogP contribution in [0.1, 0.15) is 37.8 Å². The summed E-state index contributed by atoms with van der Waals surface area (Å²) in [6, 6.07) is 3.88. The smallest absolute Gasteiger partial charge is 0.371 e. The zero-order chi connectivity index (χ0) is 15.0. The molecule has 0 saturated carbocycles. The summed E-state index contributed by atoms with van der Waals surface area (Å²) >= 11 is 0. The molecule has 0 aromatic heterocycles. The highest BCUT2D eigenvalue weighted by atomic mass is 19.4. The number of benzene rings is 1. The van der Waals surface area contributed by atoms with E-state index in [9.17, 15) is 13.2 Å². The third-order valence-corrected chi connectivity index (χ3v) is 4.08. The Kier molecular flexibility index (Phi) is 4.00. The summed E-state index contributed by atoms with van der Waals surface area (Å²) in [5.41, 5.74) is 6.73. The predicted octanol–water partition coefficient (Wildman–Crippen LogP) is 3.79. The van der Waals surface area contributed by atoms with Crippen molar-refractivity contribution in [2.24, 2.45) is 11.1 Å². The van der Waals surface area contributed by atoms with Crippen LogP contribution >= 0.6 is 0 Å². The average molecular weight is 286 g/mol. The number of alkyl halides is 3. The van der Waals surface area contributed by atoms with Crippen molar-refractivity contribution in [3.63, 3.8) is 0 Å². The Bertz CT molecular complexity index is 470. The number of nitrogens with zero attached hydrogens (tertiary/aromatic N) is 1. The maximum absolute atomic E-state index is 12.7. The minimum Gasteiger partial charge on any atom is -0.371 e. The molecule has 0 spiro atoms. The van der Waals surface area contributed by atoms with Crippen molar-refractivity contribution in [3.8, 4) is 0 Å². The van der Waals surface area contributed by atoms with Crippen LogP contribution in [0.3, 0.4) is 0 Å². The lowest BCUT2D eigenvalue weighted by Gasteiger charge is -2.39. The molecule has 2 rings (SSSR count).